The highest BCUT2D eigenvalue weighted by Gasteiger charge is 2.21. The van der Waals surface area contributed by atoms with Gasteiger partial charge in [-0.1, -0.05) is 6.92 Å². The summed E-state index contributed by atoms with van der Waals surface area (Å²) in [6.45, 7) is 2.83. The standard InChI is InChI=1S/C11H15N3O4/c1-3-8-7(4-6(2)13-14-8)10(16)12-9(5-15)11(17)18/h4,9,15H,3,5H2,1-2H3,(H,12,16)(H,17,18). The van der Waals surface area contributed by atoms with Gasteiger partial charge in [0.1, 0.15) is 0 Å². The third-order valence-corrected chi connectivity index (χ3v) is 2.36. The number of amides is 1. The highest BCUT2D eigenvalue weighted by molar-refractivity contribution is 5.97. The summed E-state index contributed by atoms with van der Waals surface area (Å²) < 4.78 is 0. The van der Waals surface area contributed by atoms with Crippen LogP contribution in [-0.4, -0.2) is 44.9 Å². The van der Waals surface area contributed by atoms with Gasteiger partial charge in [0.05, 0.1) is 23.6 Å². The van der Waals surface area contributed by atoms with E-state index in [9.17, 15) is 9.59 Å². The van der Waals surface area contributed by atoms with Gasteiger partial charge >= 0.3 is 5.97 Å². The van der Waals surface area contributed by atoms with E-state index in [4.69, 9.17) is 10.2 Å². The molecule has 0 bridgehead atoms. The quantitative estimate of drug-likeness (QED) is 0.653. The van der Waals surface area contributed by atoms with Crippen molar-refractivity contribution in [2.24, 2.45) is 0 Å². The molecule has 98 valence electrons. The van der Waals surface area contributed by atoms with Gasteiger partial charge in [0.15, 0.2) is 6.04 Å². The Kier molecular flexibility index (Phi) is 4.73. The highest BCUT2D eigenvalue weighted by atomic mass is 16.4. The SMILES string of the molecule is CCc1nnc(C)cc1C(=O)NC(CO)C(=O)O. The smallest absolute Gasteiger partial charge is 0.328 e. The van der Waals surface area contributed by atoms with Gasteiger partial charge in [-0.2, -0.15) is 10.2 Å². The molecule has 0 saturated heterocycles. The lowest BCUT2D eigenvalue weighted by Gasteiger charge is -2.13. The molecule has 1 atom stereocenters. The fourth-order valence-corrected chi connectivity index (χ4v) is 1.39. The molecule has 1 heterocycles. The molecule has 0 aromatic carbocycles. The predicted octanol–water partition coefficient (Wildman–Crippen LogP) is -0.477. The molecule has 3 N–H and O–H groups in total. The van der Waals surface area contributed by atoms with Crippen LogP contribution < -0.4 is 5.32 Å². The van der Waals surface area contributed by atoms with Crippen LogP contribution in [0.4, 0.5) is 0 Å². The molecule has 0 aliphatic carbocycles. The van der Waals surface area contributed by atoms with Gasteiger partial charge in [-0.25, -0.2) is 4.79 Å². The molecule has 0 aliphatic heterocycles. The number of aliphatic hydroxyl groups is 1. The average Bonchev–Trinajstić information content (AvgIpc) is 2.35. The Morgan fingerprint density at radius 2 is 2.11 bits per heavy atom. The molecule has 1 unspecified atom stereocenters. The van der Waals surface area contributed by atoms with Gasteiger partial charge in [-0.05, 0) is 19.4 Å². The Morgan fingerprint density at radius 1 is 1.44 bits per heavy atom. The molecular weight excluding hydrogens is 238 g/mol. The second-order valence-electron chi connectivity index (χ2n) is 3.75. The number of carboxylic acid groups (broad SMARTS) is 1. The van der Waals surface area contributed by atoms with Crippen LogP contribution in [0.15, 0.2) is 6.07 Å². The zero-order chi connectivity index (χ0) is 13.7. The third kappa shape index (κ3) is 3.24. The van der Waals surface area contributed by atoms with Gasteiger partial charge in [0, 0.05) is 0 Å². The molecule has 0 spiro atoms. The second-order valence-corrected chi connectivity index (χ2v) is 3.75. The van der Waals surface area contributed by atoms with Gasteiger partial charge in [-0.15, -0.1) is 0 Å². The molecule has 1 aromatic heterocycles. The lowest BCUT2D eigenvalue weighted by molar-refractivity contribution is -0.140. The van der Waals surface area contributed by atoms with E-state index in [-0.39, 0.29) is 5.56 Å². The number of nitrogens with zero attached hydrogens (tertiary/aromatic N) is 2. The van der Waals surface area contributed by atoms with Gasteiger partial charge < -0.3 is 15.5 Å². The number of hydrogen-bond donors (Lipinski definition) is 3. The molecule has 18 heavy (non-hydrogen) atoms. The maximum absolute atomic E-state index is 11.9. The number of carbonyl (C=O) groups is 2. The summed E-state index contributed by atoms with van der Waals surface area (Å²) in [5, 5.41) is 27.5. The molecule has 0 radical (unpaired) electrons. The van der Waals surface area contributed by atoms with E-state index in [1.807, 2.05) is 6.92 Å². The van der Waals surface area contributed by atoms with Crippen LogP contribution in [0.1, 0.15) is 28.7 Å². The van der Waals surface area contributed by atoms with Crippen molar-refractivity contribution < 1.29 is 19.8 Å². The Morgan fingerprint density at radius 3 is 2.61 bits per heavy atom. The number of nitrogens with one attached hydrogen (secondary N) is 1. The minimum absolute atomic E-state index is 0.282. The van der Waals surface area contributed by atoms with Crippen molar-refractivity contribution in [2.75, 3.05) is 6.61 Å². The van der Waals surface area contributed by atoms with Gasteiger partial charge in [-0.3, -0.25) is 4.79 Å². The van der Waals surface area contributed by atoms with Gasteiger partial charge in [0.25, 0.3) is 5.91 Å². The highest BCUT2D eigenvalue weighted by Crippen LogP contribution is 2.07. The Labute approximate surface area is 104 Å². The van der Waals surface area contributed by atoms with Crippen molar-refractivity contribution in [1.29, 1.82) is 0 Å². The number of aryl methyl sites for hydroxylation is 2. The fraction of sp³-hybridized carbons (Fsp3) is 0.455. The Hall–Kier alpha value is -2.02. The van der Waals surface area contributed by atoms with E-state index in [0.29, 0.717) is 17.8 Å². The topological polar surface area (TPSA) is 112 Å². The maximum Gasteiger partial charge on any atom is 0.328 e. The number of carboxylic acids is 1. The average molecular weight is 253 g/mol. The lowest BCUT2D eigenvalue weighted by Crippen LogP contribution is -2.43. The molecule has 1 amide bonds. The summed E-state index contributed by atoms with van der Waals surface area (Å²) in [5.41, 5.74) is 1.33. The molecule has 0 fully saturated rings. The molecular formula is C11H15N3O4. The Balaban J connectivity index is 2.96. The first-order valence-corrected chi connectivity index (χ1v) is 5.47. The summed E-state index contributed by atoms with van der Waals surface area (Å²) in [6, 6.07) is 0.216. The lowest BCUT2D eigenvalue weighted by atomic mass is 10.1. The summed E-state index contributed by atoms with van der Waals surface area (Å²) in [7, 11) is 0. The van der Waals surface area contributed by atoms with Gasteiger partial charge in [0.2, 0.25) is 0 Å². The summed E-state index contributed by atoms with van der Waals surface area (Å²) in [6.07, 6.45) is 0.507. The van der Waals surface area contributed by atoms with E-state index in [2.05, 4.69) is 15.5 Å². The fourth-order valence-electron chi connectivity index (χ4n) is 1.39. The van der Waals surface area contributed by atoms with Crippen LogP contribution in [-0.2, 0) is 11.2 Å². The minimum atomic E-state index is -1.32. The van der Waals surface area contributed by atoms with Crippen molar-refractivity contribution >= 4 is 11.9 Å². The zero-order valence-electron chi connectivity index (χ0n) is 10.2. The minimum Gasteiger partial charge on any atom is -0.480 e. The van der Waals surface area contributed by atoms with E-state index < -0.39 is 24.5 Å². The first-order valence-electron chi connectivity index (χ1n) is 5.47. The molecule has 1 rings (SSSR count). The van der Waals surface area contributed by atoms with Crippen molar-refractivity contribution in [1.82, 2.24) is 15.5 Å². The van der Waals surface area contributed by atoms with Crippen molar-refractivity contribution in [3.63, 3.8) is 0 Å². The van der Waals surface area contributed by atoms with Crippen LogP contribution in [0.3, 0.4) is 0 Å². The molecule has 1 aromatic rings. The monoisotopic (exact) mass is 253 g/mol. The van der Waals surface area contributed by atoms with Crippen LogP contribution in [0.2, 0.25) is 0 Å². The van der Waals surface area contributed by atoms with E-state index in [1.54, 1.807) is 6.92 Å². The van der Waals surface area contributed by atoms with Crippen molar-refractivity contribution in [2.45, 2.75) is 26.3 Å². The van der Waals surface area contributed by atoms with Crippen LogP contribution in [0.25, 0.3) is 0 Å². The van der Waals surface area contributed by atoms with Crippen molar-refractivity contribution in [3.8, 4) is 0 Å². The summed E-state index contributed by atoms with van der Waals surface area (Å²) >= 11 is 0. The number of aromatic nitrogens is 2. The normalized spacial score (nSPS) is 11.9. The molecule has 0 saturated carbocycles. The van der Waals surface area contributed by atoms with E-state index in [1.165, 1.54) is 6.07 Å². The third-order valence-electron chi connectivity index (χ3n) is 2.36. The zero-order valence-corrected chi connectivity index (χ0v) is 10.2. The maximum atomic E-state index is 11.9. The number of hydrogen-bond acceptors (Lipinski definition) is 5. The summed E-state index contributed by atoms with van der Waals surface area (Å²) in [4.78, 5) is 22.6. The van der Waals surface area contributed by atoms with Crippen molar-refractivity contribution in [3.05, 3.63) is 23.0 Å². The second kappa shape index (κ2) is 6.06. The number of carbonyl (C=O) groups excluding carboxylic acids is 1. The summed E-state index contributed by atoms with van der Waals surface area (Å²) in [5.74, 6) is -1.87. The number of aliphatic hydroxyl groups excluding tert-OH is 1. The van der Waals surface area contributed by atoms with Crippen LogP contribution in [0.5, 0.6) is 0 Å². The first-order chi connectivity index (χ1) is 8.49. The molecule has 0 aliphatic rings. The number of aliphatic carboxylic acids is 1. The molecule has 7 nitrogen and oxygen atoms in total. The van der Waals surface area contributed by atoms with Crippen LogP contribution in [0, 0.1) is 6.92 Å². The largest absolute Gasteiger partial charge is 0.480 e. The first kappa shape index (κ1) is 14.0. The van der Waals surface area contributed by atoms with E-state index >= 15 is 0 Å². The Bertz CT molecular complexity index is 462. The van der Waals surface area contributed by atoms with Crippen LogP contribution >= 0.6 is 0 Å². The predicted molar refractivity (Wildman–Crippen MR) is 62.1 cm³/mol. The van der Waals surface area contributed by atoms with E-state index in [0.717, 1.165) is 0 Å². The number of rotatable bonds is 5. The molecule has 7 heteroatoms.